The van der Waals surface area contributed by atoms with Gasteiger partial charge >= 0.3 is 0 Å². The first kappa shape index (κ1) is 23.9. The number of anilines is 3. The Hall–Kier alpha value is -5.81. The summed E-state index contributed by atoms with van der Waals surface area (Å²) in [4.78, 5) is 2.38. The van der Waals surface area contributed by atoms with E-state index < -0.39 is 0 Å². The lowest BCUT2D eigenvalue weighted by atomic mass is 10.1. The van der Waals surface area contributed by atoms with Gasteiger partial charge in [0.15, 0.2) is 0 Å². The first-order valence-electron chi connectivity index (χ1n) is 14.6. The number of aromatic nitrogens is 3. The first-order valence-corrected chi connectivity index (χ1v) is 14.6. The zero-order valence-electron chi connectivity index (χ0n) is 23.3. The molecule has 8 aromatic rings. The molecule has 0 radical (unpaired) electrons. The highest BCUT2D eigenvalue weighted by Crippen LogP contribution is 2.46. The van der Waals surface area contributed by atoms with Crippen molar-refractivity contribution in [1.29, 1.82) is 0 Å². The molecule has 0 fully saturated rings. The quantitative estimate of drug-likeness (QED) is 0.236. The summed E-state index contributed by atoms with van der Waals surface area (Å²) in [6, 6.07) is 51.6. The van der Waals surface area contributed by atoms with E-state index in [0.29, 0.717) is 0 Å². The lowest BCUT2D eigenvalue weighted by Gasteiger charge is -2.27. The van der Waals surface area contributed by atoms with Crippen LogP contribution in [0.4, 0.5) is 17.1 Å². The zero-order valence-corrected chi connectivity index (χ0v) is 23.3. The Morgan fingerprint density at radius 1 is 0.535 bits per heavy atom. The van der Waals surface area contributed by atoms with Gasteiger partial charge in [0, 0.05) is 27.5 Å². The van der Waals surface area contributed by atoms with Crippen LogP contribution in [0.3, 0.4) is 0 Å². The number of rotatable bonds is 4. The van der Waals surface area contributed by atoms with Crippen molar-refractivity contribution < 1.29 is 0 Å². The average molecular weight is 554 g/mol. The molecule has 0 saturated carbocycles. The Kier molecular flexibility index (Phi) is 5.19. The number of fused-ring (bicyclic) bond motifs is 6. The monoisotopic (exact) mass is 553 g/mol. The van der Waals surface area contributed by atoms with Crippen LogP contribution in [-0.4, -0.2) is 14.3 Å². The number of nitrogens with one attached hydrogen (secondary N) is 1. The van der Waals surface area contributed by atoms with Crippen LogP contribution in [0.15, 0.2) is 152 Å². The summed E-state index contributed by atoms with van der Waals surface area (Å²) in [5.41, 5.74) is 10.3. The Morgan fingerprint density at radius 3 is 2.05 bits per heavy atom. The molecule has 2 aromatic heterocycles. The third kappa shape index (κ3) is 3.61. The second-order valence-corrected chi connectivity index (χ2v) is 11.0. The van der Waals surface area contributed by atoms with E-state index in [1.54, 1.807) is 0 Å². The van der Waals surface area contributed by atoms with Gasteiger partial charge in [-0.05, 0) is 60.2 Å². The summed E-state index contributed by atoms with van der Waals surface area (Å²) in [6.45, 7) is 0. The second-order valence-electron chi connectivity index (χ2n) is 11.0. The smallest absolute Gasteiger partial charge is 0.130 e. The lowest BCUT2D eigenvalue weighted by Crippen LogP contribution is -2.23. The number of hydrogen-bond donors (Lipinski definition) is 1. The molecular weight excluding hydrogens is 526 g/mol. The third-order valence-electron chi connectivity index (χ3n) is 8.58. The topological polar surface area (TPSA) is 38.0 Å². The highest BCUT2D eigenvalue weighted by molar-refractivity contribution is 6.17. The average Bonchev–Trinajstić information content (AvgIpc) is 3.78. The maximum absolute atomic E-state index is 4.83. The van der Waals surface area contributed by atoms with Crippen LogP contribution in [0.25, 0.3) is 44.1 Å². The van der Waals surface area contributed by atoms with Gasteiger partial charge in [-0.2, -0.15) is 5.10 Å². The van der Waals surface area contributed by atoms with Crippen LogP contribution in [-0.2, 0) is 0 Å². The molecule has 0 amide bonds. The molecule has 1 aliphatic heterocycles. The Bertz CT molecular complexity index is 2260. The summed E-state index contributed by atoms with van der Waals surface area (Å²) in [6.07, 6.45) is 1.95. The minimum absolute atomic E-state index is 0.0155. The van der Waals surface area contributed by atoms with Gasteiger partial charge in [0.1, 0.15) is 6.17 Å². The maximum atomic E-state index is 4.83. The molecule has 1 unspecified atom stereocenters. The molecule has 6 aromatic carbocycles. The SMILES string of the molecule is c1ccc(N2c3ccccc3NC2c2ccc(-n3c4ccccc4c4ccc5cnn(-c6ccccc6)c5c43)cc2)cc1. The Balaban J connectivity index is 1.23. The fourth-order valence-corrected chi connectivity index (χ4v) is 6.66. The highest BCUT2D eigenvalue weighted by atomic mass is 15.3. The summed E-state index contributed by atoms with van der Waals surface area (Å²) < 4.78 is 4.46. The van der Waals surface area contributed by atoms with Crippen molar-refractivity contribution in [2.45, 2.75) is 6.17 Å². The molecule has 43 heavy (non-hydrogen) atoms. The summed E-state index contributed by atoms with van der Waals surface area (Å²) in [5, 5.41) is 12.2. The van der Waals surface area contributed by atoms with E-state index in [1.165, 1.54) is 27.5 Å². The molecular formula is C38H27N5. The first-order chi connectivity index (χ1) is 21.3. The predicted octanol–water partition coefficient (Wildman–Crippen LogP) is 9.38. The van der Waals surface area contributed by atoms with E-state index in [1.807, 2.05) is 12.3 Å². The molecule has 204 valence electrons. The van der Waals surface area contributed by atoms with E-state index in [-0.39, 0.29) is 6.17 Å². The molecule has 0 saturated heterocycles. The van der Waals surface area contributed by atoms with E-state index in [4.69, 9.17) is 5.10 Å². The molecule has 3 heterocycles. The Morgan fingerprint density at radius 2 is 1.23 bits per heavy atom. The molecule has 0 spiro atoms. The van der Waals surface area contributed by atoms with Crippen molar-refractivity contribution in [2.24, 2.45) is 0 Å². The third-order valence-corrected chi connectivity index (χ3v) is 8.58. The minimum atomic E-state index is -0.0155. The van der Waals surface area contributed by atoms with Crippen LogP contribution in [0.1, 0.15) is 11.7 Å². The number of benzene rings is 6. The standard InChI is InChI=1S/C38H27N5/c1-3-11-28(12-4-1)42-35-18-10-8-16-33(35)40-38(42)26-19-22-29(23-20-26)41-34-17-9-7-15-31(34)32-24-21-27-25-39-43(36(27)37(32)41)30-13-5-2-6-14-30/h1-25,38,40H. The van der Waals surface area contributed by atoms with Gasteiger partial charge in [0.2, 0.25) is 0 Å². The van der Waals surface area contributed by atoms with Crippen molar-refractivity contribution in [3.05, 3.63) is 157 Å². The molecule has 1 N–H and O–H groups in total. The predicted molar refractivity (Wildman–Crippen MR) is 177 cm³/mol. The van der Waals surface area contributed by atoms with E-state index in [2.05, 4.69) is 159 Å². The Labute approximate surface area is 248 Å². The number of hydrogen-bond acceptors (Lipinski definition) is 3. The van der Waals surface area contributed by atoms with Gasteiger partial charge in [-0.1, -0.05) is 91.0 Å². The molecule has 9 rings (SSSR count). The van der Waals surface area contributed by atoms with Crippen molar-refractivity contribution in [1.82, 2.24) is 14.3 Å². The van der Waals surface area contributed by atoms with Gasteiger partial charge in [-0.25, -0.2) is 4.68 Å². The molecule has 0 aliphatic carbocycles. The van der Waals surface area contributed by atoms with Gasteiger partial charge < -0.3 is 14.8 Å². The largest absolute Gasteiger partial charge is 0.359 e. The molecule has 5 nitrogen and oxygen atoms in total. The van der Waals surface area contributed by atoms with Crippen molar-refractivity contribution in [3.63, 3.8) is 0 Å². The highest BCUT2D eigenvalue weighted by Gasteiger charge is 2.31. The molecule has 1 aliphatic rings. The maximum Gasteiger partial charge on any atom is 0.130 e. The fraction of sp³-hybridized carbons (Fsp3) is 0.0263. The van der Waals surface area contributed by atoms with Gasteiger partial charge in [0.25, 0.3) is 0 Å². The lowest BCUT2D eigenvalue weighted by molar-refractivity contribution is 0.827. The van der Waals surface area contributed by atoms with E-state index in [0.717, 1.165) is 39.2 Å². The molecule has 1 atom stereocenters. The summed E-state index contributed by atoms with van der Waals surface area (Å²) in [7, 11) is 0. The summed E-state index contributed by atoms with van der Waals surface area (Å²) >= 11 is 0. The zero-order chi connectivity index (χ0) is 28.3. The van der Waals surface area contributed by atoms with Crippen LogP contribution >= 0.6 is 0 Å². The number of para-hydroxylation sites is 5. The van der Waals surface area contributed by atoms with Crippen molar-refractivity contribution >= 4 is 49.8 Å². The van der Waals surface area contributed by atoms with Gasteiger partial charge in [0.05, 0.1) is 39.8 Å². The van der Waals surface area contributed by atoms with Gasteiger partial charge in [-0.3, -0.25) is 0 Å². The van der Waals surface area contributed by atoms with Crippen molar-refractivity contribution in [3.8, 4) is 11.4 Å². The normalized spacial score (nSPS) is 14.4. The molecule has 5 heteroatoms. The van der Waals surface area contributed by atoms with Crippen LogP contribution < -0.4 is 10.2 Å². The van der Waals surface area contributed by atoms with Crippen LogP contribution in [0, 0.1) is 0 Å². The summed E-state index contributed by atoms with van der Waals surface area (Å²) in [5.74, 6) is 0. The minimum Gasteiger partial charge on any atom is -0.359 e. The fourth-order valence-electron chi connectivity index (χ4n) is 6.66. The molecule has 0 bridgehead atoms. The van der Waals surface area contributed by atoms with E-state index >= 15 is 0 Å². The van der Waals surface area contributed by atoms with E-state index in [9.17, 15) is 0 Å². The van der Waals surface area contributed by atoms with Crippen LogP contribution in [0.2, 0.25) is 0 Å². The van der Waals surface area contributed by atoms with Crippen molar-refractivity contribution in [2.75, 3.05) is 10.2 Å². The number of nitrogens with zero attached hydrogens (tertiary/aromatic N) is 4. The van der Waals surface area contributed by atoms with Crippen LogP contribution in [0.5, 0.6) is 0 Å². The van der Waals surface area contributed by atoms with Gasteiger partial charge in [-0.15, -0.1) is 0 Å². The second kappa shape index (κ2) is 9.36.